The SMILES string of the molecule is CC(=O)c1ccc(N2CCN(Cc3nc4sc(C)c(-c5ccc(C)cc5)c4c(=O)[nH]3)CC2)cc1. The summed E-state index contributed by atoms with van der Waals surface area (Å²) in [6.07, 6.45) is 0. The number of fused-ring (bicyclic) bond motifs is 1. The highest BCUT2D eigenvalue weighted by Crippen LogP contribution is 2.35. The molecule has 0 unspecified atom stereocenters. The van der Waals surface area contributed by atoms with Gasteiger partial charge < -0.3 is 9.88 Å². The molecule has 174 valence electrons. The Morgan fingerprint density at radius 1 is 1.00 bits per heavy atom. The van der Waals surface area contributed by atoms with Crippen LogP contribution >= 0.6 is 11.3 Å². The van der Waals surface area contributed by atoms with Crippen LogP contribution in [0.1, 0.15) is 33.5 Å². The first-order valence-corrected chi connectivity index (χ1v) is 12.4. The number of benzene rings is 2. The van der Waals surface area contributed by atoms with Gasteiger partial charge in [-0.05, 0) is 50.6 Å². The highest BCUT2D eigenvalue weighted by atomic mass is 32.1. The van der Waals surface area contributed by atoms with E-state index in [4.69, 9.17) is 4.98 Å². The number of Topliss-reactive ketones (excluding diaryl/α,β-unsaturated/α-hetero) is 1. The van der Waals surface area contributed by atoms with Crippen LogP contribution < -0.4 is 10.5 Å². The lowest BCUT2D eigenvalue weighted by Gasteiger charge is -2.35. The molecule has 3 heterocycles. The van der Waals surface area contributed by atoms with Gasteiger partial charge in [-0.15, -0.1) is 11.3 Å². The van der Waals surface area contributed by atoms with Gasteiger partial charge in [0.15, 0.2) is 5.78 Å². The van der Waals surface area contributed by atoms with Gasteiger partial charge >= 0.3 is 0 Å². The van der Waals surface area contributed by atoms with Crippen LogP contribution in [0, 0.1) is 13.8 Å². The molecule has 0 radical (unpaired) electrons. The summed E-state index contributed by atoms with van der Waals surface area (Å²) in [6, 6.07) is 16.1. The standard InChI is InChI=1S/C27H28N4O2S/c1-17-4-6-21(7-5-17)24-19(3)34-27-25(24)26(33)28-23(29-27)16-30-12-14-31(15-13-30)22-10-8-20(9-11-22)18(2)32/h4-11H,12-16H2,1-3H3,(H,28,29,33). The van der Waals surface area contributed by atoms with Gasteiger partial charge in [-0.25, -0.2) is 4.98 Å². The maximum Gasteiger partial charge on any atom is 0.260 e. The molecule has 0 atom stereocenters. The van der Waals surface area contributed by atoms with Crippen LogP contribution in [-0.2, 0) is 6.54 Å². The molecule has 1 aliphatic heterocycles. The van der Waals surface area contributed by atoms with Crippen molar-refractivity contribution >= 4 is 33.0 Å². The average molecular weight is 473 g/mol. The number of H-pyrrole nitrogens is 1. The number of aryl methyl sites for hydroxylation is 2. The van der Waals surface area contributed by atoms with Crippen molar-refractivity contribution in [2.24, 2.45) is 0 Å². The van der Waals surface area contributed by atoms with E-state index in [2.05, 4.69) is 52.9 Å². The van der Waals surface area contributed by atoms with Gasteiger partial charge in [0.05, 0.1) is 11.9 Å². The van der Waals surface area contributed by atoms with Crippen molar-refractivity contribution in [3.63, 3.8) is 0 Å². The molecule has 5 rings (SSSR count). The summed E-state index contributed by atoms with van der Waals surface area (Å²) in [5.74, 6) is 0.801. The molecule has 4 aromatic rings. The zero-order chi connectivity index (χ0) is 23.8. The van der Waals surface area contributed by atoms with E-state index in [1.54, 1.807) is 18.3 Å². The molecule has 2 aromatic heterocycles. The fourth-order valence-electron chi connectivity index (χ4n) is 4.59. The van der Waals surface area contributed by atoms with E-state index in [-0.39, 0.29) is 11.3 Å². The number of ketones is 1. The highest BCUT2D eigenvalue weighted by Gasteiger charge is 2.20. The Hall–Kier alpha value is -3.29. The van der Waals surface area contributed by atoms with E-state index in [9.17, 15) is 9.59 Å². The number of carbonyl (C=O) groups is 1. The predicted octanol–water partition coefficient (Wildman–Crippen LogP) is 4.79. The van der Waals surface area contributed by atoms with Crippen molar-refractivity contribution in [2.75, 3.05) is 31.1 Å². The third-order valence-electron chi connectivity index (χ3n) is 6.51. The monoisotopic (exact) mass is 472 g/mol. The summed E-state index contributed by atoms with van der Waals surface area (Å²) in [6.45, 7) is 9.88. The van der Waals surface area contributed by atoms with E-state index in [0.717, 1.165) is 58.3 Å². The molecule has 0 bridgehead atoms. The van der Waals surface area contributed by atoms with Crippen LogP contribution in [0.2, 0.25) is 0 Å². The highest BCUT2D eigenvalue weighted by molar-refractivity contribution is 7.19. The van der Waals surface area contributed by atoms with Crippen molar-refractivity contribution in [2.45, 2.75) is 27.3 Å². The maximum atomic E-state index is 13.1. The van der Waals surface area contributed by atoms with Crippen molar-refractivity contribution < 1.29 is 4.79 Å². The van der Waals surface area contributed by atoms with Crippen LogP contribution in [0.15, 0.2) is 53.3 Å². The Balaban J connectivity index is 1.31. The predicted molar refractivity (Wildman–Crippen MR) is 139 cm³/mol. The summed E-state index contributed by atoms with van der Waals surface area (Å²) in [7, 11) is 0. The number of carbonyl (C=O) groups excluding carboxylic acids is 1. The summed E-state index contributed by atoms with van der Waals surface area (Å²) in [5.41, 5.74) is 5.05. The fraction of sp³-hybridized carbons (Fsp3) is 0.296. The molecule has 1 saturated heterocycles. The lowest BCUT2D eigenvalue weighted by Crippen LogP contribution is -2.46. The first kappa shape index (κ1) is 22.5. The lowest BCUT2D eigenvalue weighted by atomic mass is 10.0. The molecular formula is C27H28N4O2S. The second-order valence-corrected chi connectivity index (χ2v) is 10.2. The average Bonchev–Trinajstić information content (AvgIpc) is 3.16. The van der Waals surface area contributed by atoms with Crippen molar-refractivity contribution in [1.29, 1.82) is 0 Å². The van der Waals surface area contributed by atoms with Gasteiger partial charge in [0.2, 0.25) is 0 Å². The molecule has 7 heteroatoms. The van der Waals surface area contributed by atoms with E-state index in [1.807, 2.05) is 24.3 Å². The molecule has 0 aliphatic carbocycles. The van der Waals surface area contributed by atoms with Crippen LogP contribution in [0.25, 0.3) is 21.3 Å². The summed E-state index contributed by atoms with van der Waals surface area (Å²) >= 11 is 1.59. The molecule has 0 saturated carbocycles. The van der Waals surface area contributed by atoms with Gasteiger partial charge in [-0.2, -0.15) is 0 Å². The largest absolute Gasteiger partial charge is 0.369 e. The van der Waals surface area contributed by atoms with Crippen LogP contribution in [0.3, 0.4) is 0 Å². The number of aromatic nitrogens is 2. The Morgan fingerprint density at radius 2 is 1.68 bits per heavy atom. The third kappa shape index (κ3) is 4.41. The number of hydrogen-bond acceptors (Lipinski definition) is 6. The molecule has 6 nitrogen and oxygen atoms in total. The lowest BCUT2D eigenvalue weighted by molar-refractivity contribution is 0.101. The molecule has 34 heavy (non-hydrogen) atoms. The van der Waals surface area contributed by atoms with Gasteiger partial charge in [-0.3, -0.25) is 14.5 Å². The van der Waals surface area contributed by atoms with Crippen molar-refractivity contribution in [3.05, 3.63) is 80.7 Å². The van der Waals surface area contributed by atoms with Gasteiger partial charge in [0.25, 0.3) is 5.56 Å². The second kappa shape index (κ2) is 9.16. The number of thiophene rings is 1. The topological polar surface area (TPSA) is 69.3 Å². The zero-order valence-corrected chi connectivity index (χ0v) is 20.5. The molecule has 2 aromatic carbocycles. The summed E-state index contributed by atoms with van der Waals surface area (Å²) in [4.78, 5) is 39.0. The zero-order valence-electron chi connectivity index (χ0n) is 19.7. The van der Waals surface area contributed by atoms with Crippen LogP contribution in [-0.4, -0.2) is 46.8 Å². The molecule has 0 amide bonds. The number of nitrogens with zero attached hydrogens (tertiary/aromatic N) is 3. The van der Waals surface area contributed by atoms with Crippen molar-refractivity contribution in [1.82, 2.24) is 14.9 Å². The van der Waals surface area contributed by atoms with Gasteiger partial charge in [0.1, 0.15) is 10.7 Å². The number of nitrogens with one attached hydrogen (secondary N) is 1. The smallest absolute Gasteiger partial charge is 0.260 e. The Morgan fingerprint density at radius 3 is 2.32 bits per heavy atom. The number of anilines is 1. The minimum atomic E-state index is -0.0656. The summed E-state index contributed by atoms with van der Waals surface area (Å²) < 4.78 is 0. The minimum absolute atomic E-state index is 0.0656. The molecule has 1 fully saturated rings. The third-order valence-corrected chi connectivity index (χ3v) is 7.51. The summed E-state index contributed by atoms with van der Waals surface area (Å²) in [5, 5.41) is 0.689. The normalized spacial score (nSPS) is 14.6. The van der Waals surface area contributed by atoms with E-state index in [1.165, 1.54) is 5.56 Å². The number of piperazine rings is 1. The molecule has 1 N–H and O–H groups in total. The Bertz CT molecular complexity index is 1400. The van der Waals surface area contributed by atoms with E-state index in [0.29, 0.717) is 17.8 Å². The van der Waals surface area contributed by atoms with E-state index < -0.39 is 0 Å². The van der Waals surface area contributed by atoms with Gasteiger partial charge in [-0.1, -0.05) is 29.8 Å². The first-order valence-electron chi connectivity index (χ1n) is 11.6. The van der Waals surface area contributed by atoms with Gasteiger partial charge in [0, 0.05) is 47.9 Å². The number of aromatic amines is 1. The quantitative estimate of drug-likeness (QED) is 0.423. The Labute approximate surface area is 202 Å². The number of hydrogen-bond donors (Lipinski definition) is 1. The first-order chi connectivity index (χ1) is 16.4. The molecular weight excluding hydrogens is 444 g/mol. The minimum Gasteiger partial charge on any atom is -0.369 e. The fourth-order valence-corrected chi connectivity index (χ4v) is 5.65. The van der Waals surface area contributed by atoms with Crippen molar-refractivity contribution in [3.8, 4) is 11.1 Å². The van der Waals surface area contributed by atoms with E-state index >= 15 is 0 Å². The molecule has 1 aliphatic rings. The van der Waals surface area contributed by atoms with Crippen LogP contribution in [0.5, 0.6) is 0 Å². The van der Waals surface area contributed by atoms with Crippen LogP contribution in [0.4, 0.5) is 5.69 Å². The second-order valence-electron chi connectivity index (χ2n) is 8.96. The maximum absolute atomic E-state index is 13.1. The molecule has 0 spiro atoms. The Kier molecular flexibility index (Phi) is 6.06. The number of rotatable bonds is 5.